The summed E-state index contributed by atoms with van der Waals surface area (Å²) < 4.78 is 7.89. The highest BCUT2D eigenvalue weighted by atomic mass is 16.5. The van der Waals surface area contributed by atoms with E-state index in [0.29, 0.717) is 6.10 Å². The van der Waals surface area contributed by atoms with Gasteiger partial charge in [0, 0.05) is 12.2 Å². The topological polar surface area (TPSA) is 38.3 Å². The molecule has 3 heteroatoms. The second kappa shape index (κ2) is 3.91. The summed E-state index contributed by atoms with van der Waals surface area (Å²) in [7, 11) is 0. The summed E-state index contributed by atoms with van der Waals surface area (Å²) in [6, 6.07) is 8.36. The van der Waals surface area contributed by atoms with Crippen LogP contribution in [-0.4, -0.2) is 29.7 Å². The van der Waals surface area contributed by atoms with Crippen LogP contribution < -0.4 is 5.73 Å². The fourth-order valence-corrected chi connectivity index (χ4v) is 2.57. The zero-order valence-corrected chi connectivity index (χ0v) is 9.36. The number of hydrogen-bond acceptors (Lipinski definition) is 2. The number of nitrogens with zero attached hydrogens (tertiary/aromatic N) is 1. The first-order valence-electron chi connectivity index (χ1n) is 5.92. The van der Waals surface area contributed by atoms with E-state index in [1.165, 1.54) is 24.0 Å². The Balaban J connectivity index is 1.80. The maximum absolute atomic E-state index is 6.16. The minimum absolute atomic E-state index is 0.368. The van der Waals surface area contributed by atoms with E-state index in [1.54, 1.807) is 0 Å². The predicted octanol–water partition coefficient (Wildman–Crippen LogP) is 1.10. The number of nitrogens with two attached hydrogens (primary N) is 1. The van der Waals surface area contributed by atoms with Crippen LogP contribution in [0.5, 0.6) is 0 Å². The van der Waals surface area contributed by atoms with Crippen molar-refractivity contribution in [3.8, 4) is 0 Å². The van der Waals surface area contributed by atoms with E-state index < -0.39 is 0 Å². The average Bonchev–Trinajstić information content (AvgIpc) is 2.90. The van der Waals surface area contributed by atoms with Crippen LogP contribution in [0.3, 0.4) is 0 Å². The summed E-state index contributed by atoms with van der Waals surface area (Å²) in [4.78, 5) is 0. The van der Waals surface area contributed by atoms with Crippen LogP contribution in [0, 0.1) is 0 Å². The van der Waals surface area contributed by atoms with E-state index in [2.05, 4.69) is 22.8 Å². The molecule has 0 spiro atoms. The molecule has 0 bridgehead atoms. The molecule has 84 valence electrons. The van der Waals surface area contributed by atoms with Crippen molar-refractivity contribution in [2.75, 3.05) is 13.2 Å². The van der Waals surface area contributed by atoms with Gasteiger partial charge in [-0.2, -0.15) is 0 Å². The van der Waals surface area contributed by atoms with Crippen LogP contribution >= 0.6 is 0 Å². The second-order valence-corrected chi connectivity index (χ2v) is 4.56. The maximum atomic E-state index is 6.16. The van der Waals surface area contributed by atoms with E-state index in [0.717, 1.165) is 25.5 Å². The van der Waals surface area contributed by atoms with Gasteiger partial charge in [0.2, 0.25) is 0 Å². The third kappa shape index (κ3) is 1.61. The molecule has 0 saturated carbocycles. The Morgan fingerprint density at radius 3 is 3.00 bits per heavy atom. The Bertz CT molecular complexity index is 433. The van der Waals surface area contributed by atoms with E-state index in [4.69, 9.17) is 10.5 Å². The predicted molar refractivity (Wildman–Crippen MR) is 62.5 cm³/mol. The first kappa shape index (κ1) is 9.85. The Labute approximate surface area is 95.5 Å². The first-order valence-corrected chi connectivity index (χ1v) is 5.92. The fourth-order valence-electron chi connectivity index (χ4n) is 2.57. The average molecular weight is 217 g/mol. The number of ether oxygens (including phenoxy) is 1. The molecule has 3 rings (SSSR count). The van der Waals surface area contributed by atoms with E-state index in [1.807, 2.05) is 6.07 Å². The molecule has 2 aliphatic heterocycles. The lowest BCUT2D eigenvalue weighted by molar-refractivity contribution is -0.548. The number of fused-ring (bicyclic) bond motifs is 1. The number of amidine groups is 1. The summed E-state index contributed by atoms with van der Waals surface area (Å²) >= 11 is 0. The molecule has 0 unspecified atom stereocenters. The van der Waals surface area contributed by atoms with Crippen LogP contribution in [0.2, 0.25) is 0 Å². The van der Waals surface area contributed by atoms with Crippen LogP contribution in [0.25, 0.3) is 0 Å². The molecule has 1 saturated heterocycles. The van der Waals surface area contributed by atoms with Gasteiger partial charge < -0.3 is 4.74 Å². The first-order chi connectivity index (χ1) is 7.84. The Kier molecular flexibility index (Phi) is 2.40. The van der Waals surface area contributed by atoms with Crippen LogP contribution in [-0.2, 0) is 11.3 Å². The summed E-state index contributed by atoms with van der Waals surface area (Å²) in [5.41, 5.74) is 8.68. The molecule has 2 aliphatic rings. The Hall–Kier alpha value is -1.35. The second-order valence-electron chi connectivity index (χ2n) is 4.56. The van der Waals surface area contributed by atoms with Crippen molar-refractivity contribution < 1.29 is 9.31 Å². The van der Waals surface area contributed by atoms with Crippen molar-refractivity contribution in [3.63, 3.8) is 0 Å². The van der Waals surface area contributed by atoms with Gasteiger partial charge in [0.15, 0.2) is 0 Å². The van der Waals surface area contributed by atoms with Crippen molar-refractivity contribution in [2.24, 2.45) is 5.73 Å². The third-order valence-corrected chi connectivity index (χ3v) is 3.44. The molecule has 2 heterocycles. The highest BCUT2D eigenvalue weighted by Crippen LogP contribution is 2.19. The van der Waals surface area contributed by atoms with Gasteiger partial charge in [-0.3, -0.25) is 10.3 Å². The number of rotatable bonds is 2. The van der Waals surface area contributed by atoms with E-state index in [-0.39, 0.29) is 0 Å². The van der Waals surface area contributed by atoms with Gasteiger partial charge in [-0.1, -0.05) is 18.2 Å². The lowest BCUT2D eigenvalue weighted by atomic mass is 10.1. The van der Waals surface area contributed by atoms with Gasteiger partial charge in [0.05, 0.1) is 11.7 Å². The van der Waals surface area contributed by atoms with Crippen LogP contribution in [0.4, 0.5) is 0 Å². The smallest absolute Gasteiger partial charge is 0.275 e. The number of benzene rings is 1. The zero-order chi connectivity index (χ0) is 11.0. The van der Waals surface area contributed by atoms with E-state index in [9.17, 15) is 0 Å². The van der Waals surface area contributed by atoms with Gasteiger partial charge >= 0.3 is 0 Å². The standard InChI is InChI=1S/C13H16N2O/c14-13-12-6-2-1-4-10(12)8-15(13)9-11-5-3-7-16-11/h1-2,4,6,11,14H,3,5,7-9H2/p+1/t11-/m0/s1. The molecule has 1 atom stereocenters. The maximum Gasteiger partial charge on any atom is 0.275 e. The lowest BCUT2D eigenvalue weighted by Crippen LogP contribution is -2.29. The molecule has 1 aromatic rings. The summed E-state index contributed by atoms with van der Waals surface area (Å²) in [5.74, 6) is 0.908. The molecule has 0 amide bonds. The van der Waals surface area contributed by atoms with Crippen molar-refractivity contribution in [2.45, 2.75) is 25.5 Å². The van der Waals surface area contributed by atoms with Crippen molar-refractivity contribution in [1.82, 2.24) is 0 Å². The number of hydrogen-bond donors (Lipinski definition) is 1. The molecule has 16 heavy (non-hydrogen) atoms. The van der Waals surface area contributed by atoms with Crippen molar-refractivity contribution >= 4 is 5.84 Å². The van der Waals surface area contributed by atoms with Crippen molar-refractivity contribution in [1.29, 1.82) is 0 Å². The molecule has 2 N–H and O–H groups in total. The molecule has 1 fully saturated rings. The van der Waals surface area contributed by atoms with Gasteiger partial charge in [-0.25, -0.2) is 0 Å². The zero-order valence-electron chi connectivity index (χ0n) is 9.36. The highest BCUT2D eigenvalue weighted by molar-refractivity contribution is 5.96. The van der Waals surface area contributed by atoms with Gasteiger partial charge in [0.25, 0.3) is 5.84 Å². The SMILES string of the molecule is NC1=[N+](C[C@@H]2CCCO2)Cc2ccccc21. The minimum Gasteiger partial charge on any atom is -0.374 e. The van der Waals surface area contributed by atoms with Crippen LogP contribution in [0.15, 0.2) is 24.3 Å². The fraction of sp³-hybridized carbons (Fsp3) is 0.462. The highest BCUT2D eigenvalue weighted by Gasteiger charge is 2.27. The lowest BCUT2D eigenvalue weighted by Gasteiger charge is -2.09. The quantitative estimate of drug-likeness (QED) is 0.753. The molecular formula is C13H17N2O+. The normalized spacial score (nSPS) is 23.9. The Morgan fingerprint density at radius 2 is 2.25 bits per heavy atom. The molecule has 1 aromatic carbocycles. The summed E-state index contributed by atoms with van der Waals surface area (Å²) in [6.45, 7) is 2.77. The molecule has 3 nitrogen and oxygen atoms in total. The third-order valence-electron chi connectivity index (χ3n) is 3.44. The Morgan fingerprint density at radius 1 is 1.38 bits per heavy atom. The van der Waals surface area contributed by atoms with Crippen molar-refractivity contribution in [3.05, 3.63) is 35.4 Å². The minimum atomic E-state index is 0.368. The summed E-state index contributed by atoms with van der Waals surface area (Å²) in [5, 5.41) is 0. The monoisotopic (exact) mass is 217 g/mol. The largest absolute Gasteiger partial charge is 0.374 e. The van der Waals surface area contributed by atoms with Gasteiger partial charge in [-0.15, -0.1) is 0 Å². The molecule has 0 aliphatic carbocycles. The van der Waals surface area contributed by atoms with Gasteiger partial charge in [-0.05, 0) is 18.9 Å². The molecule has 0 aromatic heterocycles. The van der Waals surface area contributed by atoms with Crippen LogP contribution in [0.1, 0.15) is 24.0 Å². The molecular weight excluding hydrogens is 200 g/mol. The van der Waals surface area contributed by atoms with E-state index >= 15 is 0 Å². The summed E-state index contributed by atoms with van der Waals surface area (Å²) in [6.07, 6.45) is 2.72. The van der Waals surface area contributed by atoms with Gasteiger partial charge in [0.1, 0.15) is 13.1 Å². The molecule has 0 radical (unpaired) electrons.